The number of ether oxygens (including phenoxy) is 1. The van der Waals surface area contributed by atoms with Crippen molar-refractivity contribution in [2.75, 3.05) is 0 Å². The maximum absolute atomic E-state index is 13.0. The Morgan fingerprint density at radius 3 is 2.41 bits per heavy atom. The molecule has 0 aliphatic heterocycles. The number of benzene rings is 2. The van der Waals surface area contributed by atoms with Crippen LogP contribution in [0, 0.1) is 17.1 Å². The maximum Gasteiger partial charge on any atom is 0.573 e. The second kappa shape index (κ2) is 7.29. The van der Waals surface area contributed by atoms with Crippen molar-refractivity contribution in [3.05, 3.63) is 65.1 Å². The zero-order valence-electron chi connectivity index (χ0n) is 13.5. The molecule has 0 spiro atoms. The number of H-pyrrole nitrogens is 1. The molecule has 0 fully saturated rings. The molecule has 1 heterocycles. The molecule has 9 heteroatoms. The van der Waals surface area contributed by atoms with E-state index < -0.39 is 17.9 Å². The van der Waals surface area contributed by atoms with E-state index in [1.54, 1.807) is 6.08 Å². The van der Waals surface area contributed by atoms with Crippen LogP contribution in [0.25, 0.3) is 23.4 Å². The molecule has 0 saturated heterocycles. The van der Waals surface area contributed by atoms with Gasteiger partial charge in [0.15, 0.2) is 5.69 Å². The van der Waals surface area contributed by atoms with E-state index in [0.29, 0.717) is 11.1 Å². The fourth-order valence-corrected chi connectivity index (χ4v) is 2.32. The minimum absolute atomic E-state index is 0.00706. The molecule has 1 aromatic heterocycles. The summed E-state index contributed by atoms with van der Waals surface area (Å²) in [7, 11) is 0. The highest BCUT2D eigenvalue weighted by Crippen LogP contribution is 2.30. The Kier molecular flexibility index (Phi) is 4.90. The van der Waals surface area contributed by atoms with Gasteiger partial charge in [0, 0.05) is 5.56 Å². The number of nitrogens with one attached hydrogen (secondary N) is 1. The molecule has 2 aromatic carbocycles. The summed E-state index contributed by atoms with van der Waals surface area (Å²) in [6.45, 7) is 0. The van der Waals surface area contributed by atoms with Crippen molar-refractivity contribution in [3.63, 3.8) is 0 Å². The number of aromatic nitrogens is 3. The van der Waals surface area contributed by atoms with Crippen LogP contribution < -0.4 is 4.74 Å². The van der Waals surface area contributed by atoms with Crippen LogP contribution in [0.4, 0.5) is 17.6 Å². The Morgan fingerprint density at radius 1 is 1.04 bits per heavy atom. The van der Waals surface area contributed by atoms with Crippen molar-refractivity contribution in [3.8, 4) is 23.1 Å². The molecule has 136 valence electrons. The van der Waals surface area contributed by atoms with E-state index in [2.05, 4.69) is 20.1 Å². The molecule has 0 unspecified atom stereocenters. The van der Waals surface area contributed by atoms with E-state index in [0.717, 1.165) is 6.07 Å². The van der Waals surface area contributed by atoms with Gasteiger partial charge in [0.1, 0.15) is 23.3 Å². The Balaban J connectivity index is 2.02. The summed E-state index contributed by atoms with van der Waals surface area (Å²) in [5.74, 6) is -0.865. The molecule has 0 aliphatic carbocycles. The van der Waals surface area contributed by atoms with Gasteiger partial charge in [-0.1, -0.05) is 29.5 Å². The fourth-order valence-electron chi connectivity index (χ4n) is 2.32. The Morgan fingerprint density at radius 2 is 1.74 bits per heavy atom. The average Bonchev–Trinajstić information content (AvgIpc) is 3.08. The van der Waals surface area contributed by atoms with Crippen molar-refractivity contribution in [1.82, 2.24) is 15.4 Å². The highest BCUT2D eigenvalue weighted by atomic mass is 19.4. The van der Waals surface area contributed by atoms with Crippen LogP contribution in [0.1, 0.15) is 16.8 Å². The zero-order chi connectivity index (χ0) is 19.4. The summed E-state index contributed by atoms with van der Waals surface area (Å²) in [6.07, 6.45) is -1.74. The lowest BCUT2D eigenvalue weighted by Crippen LogP contribution is -2.17. The predicted octanol–water partition coefficient (Wildman–Crippen LogP) is 4.55. The van der Waals surface area contributed by atoms with Gasteiger partial charge in [-0.15, -0.1) is 18.3 Å². The van der Waals surface area contributed by atoms with Crippen LogP contribution >= 0.6 is 0 Å². The SMILES string of the molecule is N#Cc1[nH]nnc1-c1cc(C=Cc2ccc(F)cc2)cc(OC(F)(F)F)c1. The normalized spacial score (nSPS) is 11.5. The Labute approximate surface area is 150 Å². The van der Waals surface area contributed by atoms with Gasteiger partial charge in [-0.2, -0.15) is 5.26 Å². The minimum atomic E-state index is -4.88. The molecule has 27 heavy (non-hydrogen) atoms. The van der Waals surface area contributed by atoms with E-state index in [9.17, 15) is 17.6 Å². The molecule has 0 saturated carbocycles. The number of hydrogen-bond donors (Lipinski definition) is 1. The van der Waals surface area contributed by atoms with Gasteiger partial charge in [0.05, 0.1) is 0 Å². The summed E-state index contributed by atoms with van der Waals surface area (Å²) in [5, 5.41) is 18.6. The summed E-state index contributed by atoms with van der Waals surface area (Å²) < 4.78 is 54.8. The van der Waals surface area contributed by atoms with E-state index in [4.69, 9.17) is 5.26 Å². The summed E-state index contributed by atoms with van der Waals surface area (Å²) in [6, 6.07) is 11.2. The van der Waals surface area contributed by atoms with Gasteiger partial charge in [-0.3, -0.25) is 0 Å². The van der Waals surface area contributed by atoms with Crippen LogP contribution in [-0.2, 0) is 0 Å². The lowest BCUT2D eigenvalue weighted by Gasteiger charge is -2.11. The summed E-state index contributed by atoms with van der Waals surface area (Å²) >= 11 is 0. The van der Waals surface area contributed by atoms with E-state index in [1.165, 1.54) is 42.5 Å². The fraction of sp³-hybridized carbons (Fsp3) is 0.0556. The number of alkyl halides is 3. The topological polar surface area (TPSA) is 74.6 Å². The standard InChI is InChI=1S/C18H10F4N4O/c19-14-5-3-11(4-6-14)1-2-12-7-13(17-16(10-23)24-26-25-17)9-15(8-12)27-18(20,21)22/h1-9H,(H,24,25,26). The van der Waals surface area contributed by atoms with E-state index in [-0.39, 0.29) is 17.0 Å². The van der Waals surface area contributed by atoms with Gasteiger partial charge in [0.25, 0.3) is 0 Å². The number of hydrogen-bond acceptors (Lipinski definition) is 4. The van der Waals surface area contributed by atoms with Crippen LogP contribution in [0.5, 0.6) is 5.75 Å². The predicted molar refractivity (Wildman–Crippen MR) is 88.5 cm³/mol. The number of rotatable bonds is 4. The smallest absolute Gasteiger partial charge is 0.406 e. The average molecular weight is 374 g/mol. The largest absolute Gasteiger partial charge is 0.573 e. The monoisotopic (exact) mass is 374 g/mol. The Bertz CT molecular complexity index is 1020. The summed E-state index contributed by atoms with van der Waals surface area (Å²) in [5.41, 5.74) is 1.34. The second-order valence-electron chi connectivity index (χ2n) is 5.37. The van der Waals surface area contributed by atoms with Crippen LogP contribution in [0.2, 0.25) is 0 Å². The van der Waals surface area contributed by atoms with Gasteiger partial charge < -0.3 is 4.74 Å². The first-order valence-corrected chi connectivity index (χ1v) is 7.50. The van der Waals surface area contributed by atoms with Crippen molar-refractivity contribution in [1.29, 1.82) is 5.26 Å². The molecule has 3 aromatic rings. The quantitative estimate of drug-likeness (QED) is 0.537. The molecular weight excluding hydrogens is 364 g/mol. The lowest BCUT2D eigenvalue weighted by molar-refractivity contribution is -0.274. The van der Waals surface area contributed by atoms with Crippen molar-refractivity contribution >= 4 is 12.2 Å². The molecule has 5 nitrogen and oxygen atoms in total. The molecule has 3 rings (SSSR count). The first kappa shape index (κ1) is 18.1. The van der Waals surface area contributed by atoms with Gasteiger partial charge in [-0.25, -0.2) is 9.49 Å². The molecule has 0 aliphatic rings. The lowest BCUT2D eigenvalue weighted by atomic mass is 10.0. The van der Waals surface area contributed by atoms with Crippen LogP contribution in [-0.4, -0.2) is 21.8 Å². The highest BCUT2D eigenvalue weighted by molar-refractivity contribution is 5.75. The van der Waals surface area contributed by atoms with Crippen LogP contribution in [0.15, 0.2) is 42.5 Å². The Hall–Kier alpha value is -3.67. The third-order valence-corrected chi connectivity index (χ3v) is 3.43. The third-order valence-electron chi connectivity index (χ3n) is 3.43. The second-order valence-corrected chi connectivity index (χ2v) is 5.37. The molecule has 0 atom stereocenters. The van der Waals surface area contributed by atoms with E-state index >= 15 is 0 Å². The summed E-state index contributed by atoms with van der Waals surface area (Å²) in [4.78, 5) is 0. The van der Waals surface area contributed by atoms with Gasteiger partial charge in [-0.05, 0) is 41.5 Å². The third kappa shape index (κ3) is 4.70. The van der Waals surface area contributed by atoms with Crippen molar-refractivity contribution in [2.24, 2.45) is 0 Å². The molecule has 0 amide bonds. The molecule has 0 bridgehead atoms. The first-order chi connectivity index (χ1) is 12.8. The minimum Gasteiger partial charge on any atom is -0.406 e. The maximum atomic E-state index is 13.0. The number of halogens is 4. The van der Waals surface area contributed by atoms with Gasteiger partial charge in [0.2, 0.25) is 0 Å². The number of aromatic amines is 1. The van der Waals surface area contributed by atoms with E-state index in [1.807, 2.05) is 6.07 Å². The van der Waals surface area contributed by atoms with Crippen molar-refractivity contribution in [2.45, 2.75) is 6.36 Å². The number of nitrogens with zero attached hydrogens (tertiary/aromatic N) is 3. The molecular formula is C18H10F4N4O. The zero-order valence-corrected chi connectivity index (χ0v) is 13.5. The number of nitriles is 1. The van der Waals surface area contributed by atoms with Crippen LogP contribution in [0.3, 0.4) is 0 Å². The molecule has 1 N–H and O–H groups in total. The van der Waals surface area contributed by atoms with Crippen molar-refractivity contribution < 1.29 is 22.3 Å². The van der Waals surface area contributed by atoms with Gasteiger partial charge >= 0.3 is 6.36 Å². The highest BCUT2D eigenvalue weighted by Gasteiger charge is 2.31. The molecule has 0 radical (unpaired) electrons. The first-order valence-electron chi connectivity index (χ1n) is 7.50.